The lowest BCUT2D eigenvalue weighted by atomic mass is 10.2. The Morgan fingerprint density at radius 2 is 2.28 bits per heavy atom. The Bertz CT molecular complexity index is 601. The Morgan fingerprint density at radius 3 is 2.94 bits per heavy atom. The van der Waals surface area contributed by atoms with Crippen LogP contribution in [0.25, 0.3) is 5.65 Å². The number of imidazole rings is 1. The van der Waals surface area contributed by atoms with Crippen LogP contribution in [0, 0.1) is 0 Å². The molecule has 2 heterocycles. The first-order valence-electron chi connectivity index (χ1n) is 5.93. The van der Waals surface area contributed by atoms with Gasteiger partial charge in [-0.2, -0.15) is 0 Å². The smallest absolute Gasteiger partial charge is 0.341 e. The molecule has 0 bridgehead atoms. The van der Waals surface area contributed by atoms with Crippen LogP contribution < -0.4 is 0 Å². The molecule has 3 rings (SSSR count). The molecule has 1 unspecified atom stereocenters. The third-order valence-electron chi connectivity index (χ3n) is 3.25. The summed E-state index contributed by atoms with van der Waals surface area (Å²) < 4.78 is 6.34. The summed E-state index contributed by atoms with van der Waals surface area (Å²) in [5.41, 5.74) is 2.31. The van der Waals surface area contributed by atoms with Crippen LogP contribution in [0.5, 0.6) is 0 Å². The van der Waals surface area contributed by atoms with Gasteiger partial charge in [0, 0.05) is 12.4 Å². The van der Waals surface area contributed by atoms with Crippen LogP contribution in [0.2, 0.25) is 0 Å². The predicted molar refractivity (Wildman–Crippen MR) is 64.1 cm³/mol. The molecule has 0 saturated heterocycles. The van der Waals surface area contributed by atoms with E-state index in [-0.39, 0.29) is 0 Å². The van der Waals surface area contributed by atoms with Gasteiger partial charge in [0.1, 0.15) is 5.65 Å². The molecule has 1 aliphatic rings. The molecule has 2 aromatic heterocycles. The molecular formula is C13H14N2O3. The highest BCUT2D eigenvalue weighted by Gasteiger charge is 2.25. The lowest BCUT2D eigenvalue weighted by Gasteiger charge is -2.03. The number of pyridine rings is 1. The Hall–Kier alpha value is -1.88. The molecule has 5 heteroatoms. The normalized spacial score (nSPS) is 16.8. The number of aromatic nitrogens is 2. The van der Waals surface area contributed by atoms with E-state index < -0.39 is 12.1 Å². The number of carbonyl (C=O) groups excluding carboxylic acids is 1. The Balaban J connectivity index is 1.97. The van der Waals surface area contributed by atoms with Crippen LogP contribution in [-0.2, 0) is 9.53 Å². The first-order chi connectivity index (χ1) is 8.69. The van der Waals surface area contributed by atoms with Crippen LogP contribution >= 0.6 is 0 Å². The van der Waals surface area contributed by atoms with E-state index in [1.54, 1.807) is 6.20 Å². The number of fused-ring (bicyclic) bond motifs is 1. The highest BCUT2D eigenvalue weighted by Crippen LogP contribution is 2.39. The van der Waals surface area contributed by atoms with Gasteiger partial charge in [0.15, 0.2) is 6.10 Å². The molecule has 0 spiro atoms. The second-order valence-corrected chi connectivity index (χ2v) is 4.59. The van der Waals surface area contributed by atoms with Gasteiger partial charge in [-0.1, -0.05) is 6.07 Å². The average Bonchev–Trinajstić information content (AvgIpc) is 3.15. The van der Waals surface area contributed by atoms with Gasteiger partial charge in [-0.3, -0.25) is 0 Å². The molecule has 0 aromatic carbocycles. The van der Waals surface area contributed by atoms with Crippen molar-refractivity contribution in [3.8, 4) is 0 Å². The second kappa shape index (κ2) is 4.10. The minimum atomic E-state index is -1.32. The van der Waals surface area contributed by atoms with E-state index >= 15 is 0 Å². The quantitative estimate of drug-likeness (QED) is 0.832. The predicted octanol–water partition coefficient (Wildman–Crippen LogP) is 1.42. The summed E-state index contributed by atoms with van der Waals surface area (Å²) in [5.74, 6) is -0.0356. The summed E-state index contributed by atoms with van der Waals surface area (Å²) in [4.78, 5) is 15.5. The first kappa shape index (κ1) is 11.2. The number of nitrogens with zero attached hydrogens (tertiary/aromatic N) is 2. The largest absolute Gasteiger partial charge is 0.467 e. The number of carbonyl (C=O) groups is 1. The zero-order valence-electron chi connectivity index (χ0n) is 10.0. The molecule has 18 heavy (non-hydrogen) atoms. The summed E-state index contributed by atoms with van der Waals surface area (Å²) in [6.07, 6.45) is 4.82. The van der Waals surface area contributed by atoms with Crippen LogP contribution in [-0.4, -0.2) is 27.6 Å². The van der Waals surface area contributed by atoms with E-state index in [9.17, 15) is 9.90 Å². The lowest BCUT2D eigenvalue weighted by Crippen LogP contribution is -2.13. The summed E-state index contributed by atoms with van der Waals surface area (Å²) in [6, 6.07) is 3.95. The Kier molecular flexibility index (Phi) is 2.56. The van der Waals surface area contributed by atoms with Crippen molar-refractivity contribution >= 4 is 11.6 Å². The topological polar surface area (TPSA) is 63.8 Å². The van der Waals surface area contributed by atoms with E-state index in [4.69, 9.17) is 0 Å². The fourth-order valence-corrected chi connectivity index (χ4v) is 2.05. The summed E-state index contributed by atoms with van der Waals surface area (Å²) in [6.45, 7) is 0. The highest BCUT2D eigenvalue weighted by molar-refractivity contribution is 5.75. The standard InChI is InChI=1S/C13H14N2O3/c1-18-13(17)12(16)10-7-15-6-9(8-2-3-8)4-5-11(15)14-10/h4-8,12,16H,2-3H2,1H3. The molecule has 1 fully saturated rings. The van der Waals surface area contributed by atoms with Crippen LogP contribution in [0.1, 0.15) is 36.1 Å². The third-order valence-corrected chi connectivity index (χ3v) is 3.25. The molecular weight excluding hydrogens is 232 g/mol. The van der Waals surface area contributed by atoms with Gasteiger partial charge in [0.05, 0.1) is 12.8 Å². The van der Waals surface area contributed by atoms with Crippen LogP contribution in [0.3, 0.4) is 0 Å². The zero-order valence-corrected chi connectivity index (χ0v) is 10.0. The number of esters is 1. The summed E-state index contributed by atoms with van der Waals surface area (Å²) in [5, 5.41) is 9.73. The monoisotopic (exact) mass is 246 g/mol. The van der Waals surface area contributed by atoms with Crippen molar-refractivity contribution < 1.29 is 14.6 Å². The molecule has 2 aromatic rings. The van der Waals surface area contributed by atoms with Crippen LogP contribution in [0.15, 0.2) is 24.5 Å². The molecule has 1 N–H and O–H groups in total. The summed E-state index contributed by atoms with van der Waals surface area (Å²) >= 11 is 0. The van der Waals surface area contributed by atoms with Gasteiger partial charge in [-0.15, -0.1) is 0 Å². The van der Waals surface area contributed by atoms with Gasteiger partial charge in [-0.05, 0) is 30.4 Å². The van der Waals surface area contributed by atoms with Crippen molar-refractivity contribution in [2.45, 2.75) is 24.9 Å². The van der Waals surface area contributed by atoms with Gasteiger partial charge in [0.2, 0.25) is 0 Å². The molecule has 0 radical (unpaired) electrons. The maximum absolute atomic E-state index is 11.3. The van der Waals surface area contributed by atoms with Gasteiger partial charge >= 0.3 is 5.97 Å². The first-order valence-corrected chi connectivity index (χ1v) is 5.93. The lowest BCUT2D eigenvalue weighted by molar-refractivity contribution is -0.150. The number of hydrogen-bond donors (Lipinski definition) is 1. The number of hydrogen-bond acceptors (Lipinski definition) is 4. The molecule has 1 aliphatic carbocycles. The van der Waals surface area contributed by atoms with Crippen molar-refractivity contribution in [1.82, 2.24) is 9.38 Å². The number of aliphatic hydroxyl groups excluding tert-OH is 1. The Labute approximate surface area is 104 Å². The number of aliphatic hydroxyl groups is 1. The summed E-state index contributed by atoms with van der Waals surface area (Å²) in [7, 11) is 1.24. The number of ether oxygens (including phenoxy) is 1. The Morgan fingerprint density at radius 1 is 1.50 bits per heavy atom. The van der Waals surface area contributed by atoms with Gasteiger partial charge < -0.3 is 14.2 Å². The average molecular weight is 246 g/mol. The van der Waals surface area contributed by atoms with Crippen molar-refractivity contribution in [3.05, 3.63) is 35.8 Å². The molecule has 94 valence electrons. The van der Waals surface area contributed by atoms with Crippen molar-refractivity contribution in [1.29, 1.82) is 0 Å². The van der Waals surface area contributed by atoms with Gasteiger partial charge in [-0.25, -0.2) is 9.78 Å². The fourth-order valence-electron chi connectivity index (χ4n) is 2.05. The van der Waals surface area contributed by atoms with E-state index in [1.165, 1.54) is 25.5 Å². The van der Waals surface area contributed by atoms with Crippen molar-refractivity contribution in [2.75, 3.05) is 7.11 Å². The van der Waals surface area contributed by atoms with E-state index in [0.29, 0.717) is 11.6 Å². The minimum absolute atomic E-state index is 0.315. The van der Waals surface area contributed by atoms with Crippen LogP contribution in [0.4, 0.5) is 0 Å². The van der Waals surface area contributed by atoms with Gasteiger partial charge in [0.25, 0.3) is 0 Å². The number of rotatable bonds is 3. The van der Waals surface area contributed by atoms with Crippen molar-refractivity contribution in [3.63, 3.8) is 0 Å². The van der Waals surface area contributed by atoms with Crippen molar-refractivity contribution in [2.24, 2.45) is 0 Å². The maximum atomic E-state index is 11.3. The molecule has 1 atom stereocenters. The zero-order chi connectivity index (χ0) is 12.7. The van der Waals surface area contributed by atoms with E-state index in [0.717, 1.165) is 5.65 Å². The van der Waals surface area contributed by atoms with E-state index in [1.807, 2.05) is 22.7 Å². The van der Waals surface area contributed by atoms with E-state index in [2.05, 4.69) is 9.72 Å². The fraction of sp³-hybridized carbons (Fsp3) is 0.385. The molecule has 5 nitrogen and oxygen atoms in total. The highest BCUT2D eigenvalue weighted by atomic mass is 16.5. The SMILES string of the molecule is COC(=O)C(O)c1cn2cc(C3CC3)ccc2n1. The maximum Gasteiger partial charge on any atom is 0.341 e. The minimum Gasteiger partial charge on any atom is -0.467 e. The molecule has 0 aliphatic heterocycles. The number of methoxy groups -OCH3 is 1. The molecule has 0 amide bonds. The molecule has 1 saturated carbocycles. The second-order valence-electron chi connectivity index (χ2n) is 4.59. The third kappa shape index (κ3) is 1.86.